The van der Waals surface area contributed by atoms with Gasteiger partial charge < -0.3 is 10.2 Å². The normalized spacial score (nSPS) is 15.8. The van der Waals surface area contributed by atoms with E-state index in [9.17, 15) is 0 Å². The second kappa shape index (κ2) is 8.69. The molecule has 1 aliphatic heterocycles. The topological polar surface area (TPSA) is 74.5 Å². The number of rotatable bonds is 6. The molecule has 4 aromatic rings. The van der Waals surface area contributed by atoms with Crippen molar-refractivity contribution in [3.63, 3.8) is 0 Å². The van der Waals surface area contributed by atoms with Gasteiger partial charge in [0, 0.05) is 50.5 Å². The van der Waals surface area contributed by atoms with E-state index < -0.39 is 0 Å². The average molecular weight is 415 g/mol. The number of hydrogen-bond acceptors (Lipinski definition) is 7. The van der Waals surface area contributed by atoms with Crippen molar-refractivity contribution >= 4 is 17.3 Å². The van der Waals surface area contributed by atoms with E-state index in [0.29, 0.717) is 0 Å². The Morgan fingerprint density at radius 1 is 0.903 bits per heavy atom. The fourth-order valence-corrected chi connectivity index (χ4v) is 4.02. The molecule has 1 saturated heterocycles. The van der Waals surface area contributed by atoms with Gasteiger partial charge in [-0.1, -0.05) is 36.4 Å². The van der Waals surface area contributed by atoms with E-state index in [1.165, 1.54) is 0 Å². The smallest absolute Gasteiger partial charge is 0.185 e. The van der Waals surface area contributed by atoms with Crippen LogP contribution in [-0.4, -0.2) is 68.5 Å². The molecular formula is C23H26N8. The molecule has 4 heterocycles. The van der Waals surface area contributed by atoms with Crippen molar-refractivity contribution in [1.82, 2.24) is 29.7 Å². The molecule has 5 rings (SSSR count). The zero-order valence-electron chi connectivity index (χ0n) is 17.6. The van der Waals surface area contributed by atoms with Crippen molar-refractivity contribution in [3.8, 4) is 11.4 Å². The molecule has 0 bridgehead atoms. The van der Waals surface area contributed by atoms with Crippen molar-refractivity contribution < 1.29 is 0 Å². The molecule has 31 heavy (non-hydrogen) atoms. The molecule has 1 fully saturated rings. The number of nitrogens with zero attached hydrogens (tertiary/aromatic N) is 7. The number of pyridine rings is 1. The Morgan fingerprint density at radius 3 is 2.48 bits per heavy atom. The predicted octanol–water partition coefficient (Wildman–Crippen LogP) is 2.81. The van der Waals surface area contributed by atoms with Crippen molar-refractivity contribution in [3.05, 3.63) is 66.9 Å². The SMILES string of the molecule is CC(CN1CCN(c2ccccn2)CC1)Nc1ccc2nnc(-c3ccccc3)n2n1. The molecule has 1 N–H and O–H groups in total. The Bertz CT molecular complexity index is 1120. The minimum absolute atomic E-state index is 0.267. The van der Waals surface area contributed by atoms with Crippen LogP contribution < -0.4 is 10.2 Å². The van der Waals surface area contributed by atoms with Crippen LogP contribution in [0.4, 0.5) is 11.6 Å². The van der Waals surface area contributed by atoms with Crippen LogP contribution in [0.25, 0.3) is 17.0 Å². The lowest BCUT2D eigenvalue weighted by Crippen LogP contribution is -2.49. The lowest BCUT2D eigenvalue weighted by atomic mass is 10.2. The van der Waals surface area contributed by atoms with Gasteiger partial charge in [0.05, 0.1) is 0 Å². The van der Waals surface area contributed by atoms with E-state index in [4.69, 9.17) is 5.10 Å². The van der Waals surface area contributed by atoms with Gasteiger partial charge in [0.15, 0.2) is 11.5 Å². The Kier molecular flexibility index (Phi) is 5.45. The van der Waals surface area contributed by atoms with Gasteiger partial charge in [0.1, 0.15) is 11.6 Å². The molecular weight excluding hydrogens is 388 g/mol. The van der Waals surface area contributed by atoms with Crippen molar-refractivity contribution in [2.45, 2.75) is 13.0 Å². The average Bonchev–Trinajstić information content (AvgIpc) is 3.24. The van der Waals surface area contributed by atoms with E-state index in [-0.39, 0.29) is 6.04 Å². The summed E-state index contributed by atoms with van der Waals surface area (Å²) >= 11 is 0. The maximum absolute atomic E-state index is 4.74. The second-order valence-corrected chi connectivity index (χ2v) is 7.90. The van der Waals surface area contributed by atoms with Crippen LogP contribution in [0.1, 0.15) is 6.92 Å². The Hall–Kier alpha value is -3.52. The molecule has 1 unspecified atom stereocenters. The monoisotopic (exact) mass is 414 g/mol. The lowest BCUT2D eigenvalue weighted by molar-refractivity contribution is 0.250. The maximum atomic E-state index is 4.74. The highest BCUT2D eigenvalue weighted by Gasteiger charge is 2.19. The zero-order chi connectivity index (χ0) is 21.0. The summed E-state index contributed by atoms with van der Waals surface area (Å²) in [5.74, 6) is 2.63. The van der Waals surface area contributed by atoms with Gasteiger partial charge in [-0.15, -0.1) is 15.3 Å². The Balaban J connectivity index is 1.21. The first-order valence-electron chi connectivity index (χ1n) is 10.7. The number of fused-ring (bicyclic) bond motifs is 1. The maximum Gasteiger partial charge on any atom is 0.185 e. The van der Waals surface area contributed by atoms with Crippen LogP contribution in [0.2, 0.25) is 0 Å². The first-order chi connectivity index (χ1) is 15.3. The quantitative estimate of drug-likeness (QED) is 0.520. The summed E-state index contributed by atoms with van der Waals surface area (Å²) in [6.45, 7) is 7.20. The highest BCUT2D eigenvalue weighted by atomic mass is 15.4. The van der Waals surface area contributed by atoms with Crippen LogP contribution in [0, 0.1) is 0 Å². The van der Waals surface area contributed by atoms with Gasteiger partial charge in [-0.3, -0.25) is 4.90 Å². The summed E-state index contributed by atoms with van der Waals surface area (Å²) in [6, 6.07) is 20.3. The molecule has 0 saturated carbocycles. The van der Waals surface area contributed by atoms with Gasteiger partial charge in [0.2, 0.25) is 0 Å². The molecule has 0 spiro atoms. The van der Waals surface area contributed by atoms with Crippen LogP contribution in [-0.2, 0) is 0 Å². The fraction of sp³-hybridized carbons (Fsp3) is 0.304. The third-order valence-corrected chi connectivity index (χ3v) is 5.57. The van der Waals surface area contributed by atoms with Crippen molar-refractivity contribution in [2.75, 3.05) is 42.9 Å². The van der Waals surface area contributed by atoms with E-state index in [1.54, 1.807) is 4.52 Å². The van der Waals surface area contributed by atoms with E-state index in [2.05, 4.69) is 43.3 Å². The van der Waals surface area contributed by atoms with E-state index >= 15 is 0 Å². The number of nitrogens with one attached hydrogen (secondary N) is 1. The number of benzene rings is 1. The minimum atomic E-state index is 0.267. The Morgan fingerprint density at radius 2 is 1.71 bits per heavy atom. The summed E-state index contributed by atoms with van der Waals surface area (Å²) in [4.78, 5) is 9.31. The molecule has 0 aliphatic carbocycles. The highest BCUT2D eigenvalue weighted by Crippen LogP contribution is 2.18. The highest BCUT2D eigenvalue weighted by molar-refractivity contribution is 5.59. The standard InChI is InChI=1S/C23H26N8/c1-18(17-29-13-15-30(16-14-29)21-9-5-6-12-24-21)25-20-10-11-22-26-27-23(31(22)28-20)19-7-3-2-4-8-19/h2-12,18H,13-17H2,1H3,(H,25,28). The van der Waals surface area contributed by atoms with Crippen LogP contribution in [0.3, 0.4) is 0 Å². The molecule has 158 valence electrons. The lowest BCUT2D eigenvalue weighted by Gasteiger charge is -2.36. The first kappa shape index (κ1) is 19.4. The molecule has 8 nitrogen and oxygen atoms in total. The summed E-state index contributed by atoms with van der Waals surface area (Å²) in [5.41, 5.74) is 1.74. The third kappa shape index (κ3) is 4.34. The Labute approximate surface area is 181 Å². The van der Waals surface area contributed by atoms with Gasteiger partial charge in [-0.25, -0.2) is 4.98 Å². The number of piperazine rings is 1. The van der Waals surface area contributed by atoms with Gasteiger partial charge in [-0.05, 0) is 31.2 Å². The summed E-state index contributed by atoms with van der Waals surface area (Å²) in [7, 11) is 0. The number of aromatic nitrogens is 5. The third-order valence-electron chi connectivity index (χ3n) is 5.57. The van der Waals surface area contributed by atoms with Crippen molar-refractivity contribution in [2.24, 2.45) is 0 Å². The zero-order valence-corrected chi connectivity index (χ0v) is 17.6. The van der Waals surface area contributed by atoms with Crippen LogP contribution >= 0.6 is 0 Å². The van der Waals surface area contributed by atoms with E-state index in [0.717, 1.165) is 61.4 Å². The van der Waals surface area contributed by atoms with Gasteiger partial charge in [-0.2, -0.15) is 4.52 Å². The first-order valence-corrected chi connectivity index (χ1v) is 10.7. The van der Waals surface area contributed by atoms with Gasteiger partial charge in [0.25, 0.3) is 0 Å². The van der Waals surface area contributed by atoms with Gasteiger partial charge >= 0.3 is 0 Å². The molecule has 1 aliphatic rings. The largest absolute Gasteiger partial charge is 0.365 e. The molecule has 8 heteroatoms. The number of hydrogen-bond donors (Lipinski definition) is 1. The predicted molar refractivity (Wildman–Crippen MR) is 122 cm³/mol. The molecule has 0 amide bonds. The van der Waals surface area contributed by atoms with Crippen LogP contribution in [0.15, 0.2) is 66.9 Å². The number of anilines is 2. The molecule has 1 aromatic carbocycles. The second-order valence-electron chi connectivity index (χ2n) is 7.90. The summed E-state index contributed by atoms with van der Waals surface area (Å²) in [6.07, 6.45) is 1.86. The van der Waals surface area contributed by atoms with Crippen LogP contribution in [0.5, 0.6) is 0 Å². The minimum Gasteiger partial charge on any atom is -0.365 e. The van der Waals surface area contributed by atoms with Crippen molar-refractivity contribution in [1.29, 1.82) is 0 Å². The molecule has 1 atom stereocenters. The molecule has 0 radical (unpaired) electrons. The summed E-state index contributed by atoms with van der Waals surface area (Å²) in [5, 5.41) is 16.8. The van der Waals surface area contributed by atoms with E-state index in [1.807, 2.05) is 60.8 Å². The molecule has 3 aromatic heterocycles. The fourth-order valence-electron chi connectivity index (χ4n) is 4.02. The summed E-state index contributed by atoms with van der Waals surface area (Å²) < 4.78 is 1.80.